The van der Waals surface area contributed by atoms with E-state index in [-0.39, 0.29) is 12.1 Å². The summed E-state index contributed by atoms with van der Waals surface area (Å²) in [6.07, 6.45) is 4.42. The van der Waals surface area contributed by atoms with Crippen molar-refractivity contribution in [1.29, 1.82) is 0 Å². The molecule has 1 atom stereocenters. The van der Waals surface area contributed by atoms with Gasteiger partial charge in [0.2, 0.25) is 0 Å². The smallest absolute Gasteiger partial charge is 0.322 e. The number of benzene rings is 1. The van der Waals surface area contributed by atoms with Crippen molar-refractivity contribution in [2.75, 3.05) is 25.1 Å². The predicted molar refractivity (Wildman–Crippen MR) is 103 cm³/mol. The van der Waals surface area contributed by atoms with Crippen LogP contribution in [0.4, 0.5) is 10.5 Å². The quantitative estimate of drug-likeness (QED) is 0.871. The highest BCUT2D eigenvalue weighted by atomic mass is 32.1. The number of nitrogens with one attached hydrogen (secondary N) is 1. The monoisotopic (exact) mass is 372 g/mol. The summed E-state index contributed by atoms with van der Waals surface area (Å²) < 4.78 is 11.7. The Kier molecular flexibility index (Phi) is 5.41. The third-order valence-corrected chi connectivity index (χ3v) is 5.95. The van der Waals surface area contributed by atoms with Gasteiger partial charge in [0.05, 0.1) is 11.8 Å². The number of fused-ring (bicyclic) bond motifs is 1. The zero-order valence-electron chi connectivity index (χ0n) is 14.8. The minimum atomic E-state index is -0.0770. The number of carbonyl (C=O) groups is 1. The number of rotatable bonds is 4. The fourth-order valence-corrected chi connectivity index (χ4v) is 4.32. The minimum absolute atomic E-state index is 0.0770. The zero-order valence-corrected chi connectivity index (χ0v) is 15.6. The Labute approximate surface area is 157 Å². The Bertz CT molecular complexity index is 755. The van der Waals surface area contributed by atoms with E-state index < -0.39 is 0 Å². The summed E-state index contributed by atoms with van der Waals surface area (Å²) in [4.78, 5) is 15.9. The molecular weight excluding hydrogens is 348 g/mol. The number of carbonyl (C=O) groups excluding carboxylic acids is 1. The van der Waals surface area contributed by atoms with Crippen molar-refractivity contribution in [3.8, 4) is 5.75 Å². The van der Waals surface area contributed by atoms with Crippen molar-refractivity contribution in [1.82, 2.24) is 4.90 Å². The number of nitrogens with zero attached hydrogens (tertiary/aromatic N) is 1. The van der Waals surface area contributed by atoms with Gasteiger partial charge in [-0.1, -0.05) is 12.1 Å². The maximum absolute atomic E-state index is 12.7. The molecule has 0 unspecified atom stereocenters. The second kappa shape index (κ2) is 8.10. The Morgan fingerprint density at radius 2 is 2.23 bits per heavy atom. The van der Waals surface area contributed by atoms with Crippen LogP contribution in [0.3, 0.4) is 0 Å². The van der Waals surface area contributed by atoms with Gasteiger partial charge in [0, 0.05) is 24.6 Å². The molecule has 0 spiro atoms. The second-order valence-electron chi connectivity index (χ2n) is 6.77. The summed E-state index contributed by atoms with van der Waals surface area (Å²) in [7, 11) is 0. The molecule has 26 heavy (non-hydrogen) atoms. The van der Waals surface area contributed by atoms with E-state index in [0.29, 0.717) is 24.6 Å². The molecule has 2 amide bonds. The summed E-state index contributed by atoms with van der Waals surface area (Å²) >= 11 is 1.78. The molecule has 2 aromatic rings. The molecule has 4 rings (SSSR count). The second-order valence-corrected chi connectivity index (χ2v) is 7.77. The van der Waals surface area contributed by atoms with Crippen LogP contribution in [0.15, 0.2) is 35.7 Å². The summed E-state index contributed by atoms with van der Waals surface area (Å²) in [6, 6.07) is 9.64. The van der Waals surface area contributed by atoms with E-state index >= 15 is 0 Å². The van der Waals surface area contributed by atoms with Gasteiger partial charge in [-0.15, -0.1) is 11.3 Å². The van der Waals surface area contributed by atoms with Gasteiger partial charge in [-0.05, 0) is 54.8 Å². The van der Waals surface area contributed by atoms with Gasteiger partial charge in [0.25, 0.3) is 0 Å². The third-order valence-electron chi connectivity index (χ3n) is 4.92. The minimum Gasteiger partial charge on any atom is -0.489 e. The highest BCUT2D eigenvalue weighted by Gasteiger charge is 2.22. The molecule has 0 bridgehead atoms. The van der Waals surface area contributed by atoms with Crippen molar-refractivity contribution >= 4 is 23.1 Å². The number of para-hydroxylation sites is 2. The summed E-state index contributed by atoms with van der Waals surface area (Å²) in [6.45, 7) is 2.75. The Hall–Kier alpha value is -2.05. The van der Waals surface area contributed by atoms with E-state index in [1.807, 2.05) is 29.2 Å². The Balaban J connectivity index is 1.37. The molecule has 1 N–H and O–H groups in total. The molecule has 0 saturated carbocycles. The maximum Gasteiger partial charge on any atom is 0.322 e. The highest BCUT2D eigenvalue weighted by molar-refractivity contribution is 7.10. The molecule has 1 aromatic carbocycles. The normalized spacial score (nSPS) is 19.7. The summed E-state index contributed by atoms with van der Waals surface area (Å²) in [5.41, 5.74) is 1.97. The van der Waals surface area contributed by atoms with Crippen LogP contribution in [0.2, 0.25) is 0 Å². The standard InChI is InChI=1S/C20H24N2O3S/c23-20(22-10-8-19-15(13-22)9-12-26-19)21-17-6-1-2-7-18(17)25-14-16-5-3-4-11-24-16/h1-2,6-7,9,12,16H,3-5,8,10-11,13-14H2,(H,21,23)/t16-/m0/s1. The molecule has 2 aliphatic heterocycles. The maximum atomic E-state index is 12.7. The fraction of sp³-hybridized carbons (Fsp3) is 0.450. The Morgan fingerprint density at radius 3 is 3.12 bits per heavy atom. The van der Waals surface area contributed by atoms with Gasteiger partial charge in [-0.2, -0.15) is 0 Å². The van der Waals surface area contributed by atoms with Crippen molar-refractivity contribution in [2.24, 2.45) is 0 Å². The van der Waals surface area contributed by atoms with Gasteiger partial charge in [0.15, 0.2) is 0 Å². The molecule has 0 aliphatic carbocycles. The molecule has 1 aromatic heterocycles. The summed E-state index contributed by atoms with van der Waals surface area (Å²) in [5, 5.41) is 5.12. The van der Waals surface area contributed by atoms with Crippen LogP contribution >= 0.6 is 11.3 Å². The number of urea groups is 1. The van der Waals surface area contributed by atoms with Crippen molar-refractivity contribution in [3.63, 3.8) is 0 Å². The van der Waals surface area contributed by atoms with E-state index in [1.165, 1.54) is 16.9 Å². The lowest BCUT2D eigenvalue weighted by Gasteiger charge is -2.27. The van der Waals surface area contributed by atoms with Crippen molar-refractivity contribution < 1.29 is 14.3 Å². The largest absolute Gasteiger partial charge is 0.489 e. The van der Waals surface area contributed by atoms with Crippen LogP contribution in [-0.2, 0) is 17.7 Å². The number of hydrogen-bond acceptors (Lipinski definition) is 4. The van der Waals surface area contributed by atoms with Gasteiger partial charge in [0.1, 0.15) is 12.4 Å². The molecule has 5 nitrogen and oxygen atoms in total. The lowest BCUT2D eigenvalue weighted by atomic mass is 10.1. The van der Waals surface area contributed by atoms with Crippen LogP contribution in [0.25, 0.3) is 0 Å². The van der Waals surface area contributed by atoms with E-state index in [2.05, 4.69) is 16.8 Å². The topological polar surface area (TPSA) is 50.8 Å². The number of amides is 2. The average Bonchev–Trinajstić information content (AvgIpc) is 3.16. The molecule has 138 valence electrons. The first kappa shape index (κ1) is 17.4. The molecule has 1 saturated heterocycles. The predicted octanol–water partition coefficient (Wildman–Crippen LogP) is 4.29. The lowest BCUT2D eigenvalue weighted by Crippen LogP contribution is -2.38. The first-order valence-corrected chi connectivity index (χ1v) is 10.1. The van der Waals surface area contributed by atoms with Crippen LogP contribution in [0.1, 0.15) is 29.7 Å². The van der Waals surface area contributed by atoms with E-state index in [9.17, 15) is 4.79 Å². The molecule has 2 aliphatic rings. The van der Waals surface area contributed by atoms with Crippen LogP contribution in [0, 0.1) is 0 Å². The highest BCUT2D eigenvalue weighted by Crippen LogP contribution is 2.27. The molecule has 1 fully saturated rings. The van der Waals surface area contributed by atoms with Gasteiger partial charge < -0.3 is 19.7 Å². The van der Waals surface area contributed by atoms with Crippen LogP contribution in [0.5, 0.6) is 5.75 Å². The molecule has 6 heteroatoms. The molecule has 3 heterocycles. The zero-order chi connectivity index (χ0) is 17.8. The summed E-state index contributed by atoms with van der Waals surface area (Å²) in [5.74, 6) is 0.697. The number of thiophene rings is 1. The van der Waals surface area contributed by atoms with Gasteiger partial charge >= 0.3 is 6.03 Å². The average molecular weight is 372 g/mol. The molecule has 0 radical (unpaired) electrons. The first-order chi connectivity index (χ1) is 12.8. The lowest BCUT2D eigenvalue weighted by molar-refractivity contribution is -0.0109. The first-order valence-electron chi connectivity index (χ1n) is 9.24. The molecular formula is C20H24N2O3S. The van der Waals surface area contributed by atoms with Crippen molar-refractivity contribution in [2.45, 2.75) is 38.3 Å². The third kappa shape index (κ3) is 4.02. The van der Waals surface area contributed by atoms with Gasteiger partial charge in [-0.3, -0.25) is 0 Å². The number of hydrogen-bond donors (Lipinski definition) is 1. The SMILES string of the molecule is O=C(Nc1ccccc1OC[C@@H]1CCCCO1)N1CCc2sccc2C1. The van der Waals surface area contributed by atoms with Gasteiger partial charge in [-0.25, -0.2) is 4.79 Å². The fourth-order valence-electron chi connectivity index (χ4n) is 3.43. The van der Waals surface area contributed by atoms with Crippen molar-refractivity contribution in [3.05, 3.63) is 46.2 Å². The van der Waals surface area contributed by atoms with Crippen LogP contribution in [-0.4, -0.2) is 36.8 Å². The number of ether oxygens (including phenoxy) is 2. The van der Waals surface area contributed by atoms with E-state index in [0.717, 1.165) is 32.4 Å². The number of anilines is 1. The van der Waals surface area contributed by atoms with E-state index in [4.69, 9.17) is 9.47 Å². The van der Waals surface area contributed by atoms with E-state index in [1.54, 1.807) is 11.3 Å². The van der Waals surface area contributed by atoms with Crippen LogP contribution < -0.4 is 10.1 Å². The Morgan fingerprint density at radius 1 is 1.31 bits per heavy atom.